The minimum absolute atomic E-state index is 0.0414. The van der Waals surface area contributed by atoms with Crippen molar-refractivity contribution in [2.24, 2.45) is 0 Å². The molecule has 0 saturated carbocycles. The number of nitrogens with zero attached hydrogens (tertiary/aromatic N) is 6. The van der Waals surface area contributed by atoms with Gasteiger partial charge in [-0.2, -0.15) is 0 Å². The van der Waals surface area contributed by atoms with Crippen LogP contribution in [-0.4, -0.2) is 27.2 Å². The van der Waals surface area contributed by atoms with Crippen LogP contribution in [0.15, 0.2) is 490 Å². The molecule has 23 aromatic carbocycles. The number of rotatable bonds is 8. The van der Waals surface area contributed by atoms with E-state index in [-0.39, 0.29) is 5.41 Å². The highest BCUT2D eigenvalue weighted by Gasteiger charge is 2.37. The lowest BCUT2D eigenvalue weighted by Crippen LogP contribution is -2.14. The van der Waals surface area contributed by atoms with E-state index in [1.165, 1.54) is 256 Å². The van der Waals surface area contributed by atoms with Gasteiger partial charge >= 0.3 is 0 Å². The minimum atomic E-state index is -0.0414. The van der Waals surface area contributed by atoms with Crippen molar-refractivity contribution in [1.29, 1.82) is 0 Å². The lowest BCUT2D eigenvalue weighted by Gasteiger charge is -2.21. The van der Waals surface area contributed by atoms with Gasteiger partial charge in [0, 0.05) is 140 Å². The van der Waals surface area contributed by atoms with E-state index in [1.807, 2.05) is 17.4 Å². The molecule has 0 atom stereocenters. The third-order valence-corrected chi connectivity index (χ3v) is 32.7. The van der Waals surface area contributed by atoms with E-state index in [4.69, 9.17) is 4.42 Å². The van der Waals surface area contributed by atoms with Crippen LogP contribution in [0.25, 0.3) is 284 Å². The Bertz CT molecular complexity index is 11100. The first kappa shape index (κ1) is 81.3. The standard InChI is InChI=1S/C49H34N2.C46H26N2O.C42H26N2S/c1-49(2)42-23-10-8-21-39(42)47-35(22-13-24-43(47)49)32-15-12-18-34(28-32)50-44-25-11-9-20-37(44)40-29-41-38-27-26-31-14-6-7-19-36(31)48(38)51(46(41)30-45(40)50)33-16-4-3-5-17-33;1-2-13-30-27(10-1)22-24-38-42(30)35-23-25-39-45-44-33(32-14-3-5-18-36(32)48(38)46(35)45)17-8-19-37(44)47(39)29-12-7-11-28(26-29)31-16-9-21-41-43(31)34-15-4-6-20-40(34)49-41;1-2-13-28(14-3-1)43-36-20-7-4-16-31(36)34-25-35-32-17-5-8-21-37(32)44(39(35)26-38(34)43)29-15-10-12-27(24-29)30-19-11-23-41-42(30)33-18-6-9-22-40(33)45-41/h3-30H,1-2H3;1-26H;1-26H. The van der Waals surface area contributed by atoms with Gasteiger partial charge in [-0.1, -0.05) is 347 Å². The zero-order valence-corrected chi connectivity index (χ0v) is 80.0. The van der Waals surface area contributed by atoms with Gasteiger partial charge in [-0.15, -0.1) is 11.3 Å². The van der Waals surface area contributed by atoms with E-state index in [0.29, 0.717) is 0 Å². The average molecular weight is 1860 g/mol. The Kier molecular flexibility index (Phi) is 17.5. The molecule has 9 aromatic heterocycles. The number of hydrogen-bond acceptors (Lipinski definition) is 2. The molecule has 0 saturated heterocycles. The Morgan fingerprint density at radius 3 is 1.26 bits per heavy atom. The van der Waals surface area contributed by atoms with Crippen molar-refractivity contribution in [2.75, 3.05) is 0 Å². The van der Waals surface area contributed by atoms with E-state index in [9.17, 15) is 0 Å². The van der Waals surface area contributed by atoms with Gasteiger partial charge in [-0.3, -0.25) is 0 Å². The topological polar surface area (TPSA) is 42.2 Å². The highest BCUT2D eigenvalue weighted by Crippen LogP contribution is 2.55. The molecule has 1 aliphatic carbocycles. The first-order valence-corrected chi connectivity index (χ1v) is 50.9. The number of para-hydroxylation sites is 7. The summed E-state index contributed by atoms with van der Waals surface area (Å²) in [5, 5.41) is 27.9. The van der Waals surface area contributed by atoms with Gasteiger partial charge in [0.15, 0.2) is 0 Å². The maximum atomic E-state index is 6.28. The van der Waals surface area contributed by atoms with Gasteiger partial charge in [-0.05, 0) is 229 Å². The van der Waals surface area contributed by atoms with Gasteiger partial charge in [0.1, 0.15) is 11.2 Å². The first-order valence-electron chi connectivity index (χ1n) is 50.1. The molecule has 0 bridgehead atoms. The molecule has 7 nitrogen and oxygen atoms in total. The van der Waals surface area contributed by atoms with Crippen LogP contribution in [0.4, 0.5) is 0 Å². The van der Waals surface area contributed by atoms with Crippen LogP contribution in [0.3, 0.4) is 0 Å². The summed E-state index contributed by atoms with van der Waals surface area (Å²) >= 11 is 1.87. The Balaban J connectivity index is 0.0000000992. The zero-order valence-electron chi connectivity index (χ0n) is 79.2. The summed E-state index contributed by atoms with van der Waals surface area (Å²) in [6.07, 6.45) is 0. The maximum Gasteiger partial charge on any atom is 0.136 e. The Morgan fingerprint density at radius 2 is 0.600 bits per heavy atom. The molecule has 32 aromatic rings. The van der Waals surface area contributed by atoms with Crippen molar-refractivity contribution in [3.63, 3.8) is 0 Å². The summed E-state index contributed by atoms with van der Waals surface area (Å²) in [6, 6.07) is 178. The smallest absolute Gasteiger partial charge is 0.136 e. The molecule has 0 spiro atoms. The summed E-state index contributed by atoms with van der Waals surface area (Å²) in [6.45, 7) is 4.71. The predicted molar refractivity (Wildman–Crippen MR) is 615 cm³/mol. The third kappa shape index (κ3) is 11.9. The van der Waals surface area contributed by atoms with E-state index in [1.54, 1.807) is 0 Å². The van der Waals surface area contributed by atoms with Crippen molar-refractivity contribution in [3.8, 4) is 72.9 Å². The van der Waals surface area contributed by atoms with Crippen LogP contribution in [0.5, 0.6) is 0 Å². The van der Waals surface area contributed by atoms with Crippen LogP contribution in [-0.2, 0) is 5.41 Å². The largest absolute Gasteiger partial charge is 0.456 e. The molecule has 676 valence electrons. The molecule has 8 heteroatoms. The molecule has 0 aliphatic heterocycles. The van der Waals surface area contributed by atoms with Crippen LogP contribution < -0.4 is 0 Å². The number of benzene rings is 23. The van der Waals surface area contributed by atoms with Crippen molar-refractivity contribution < 1.29 is 4.42 Å². The van der Waals surface area contributed by atoms with Gasteiger partial charge in [0.25, 0.3) is 0 Å². The van der Waals surface area contributed by atoms with Crippen molar-refractivity contribution >= 4 is 222 Å². The molecule has 0 N–H and O–H groups in total. The average Bonchev–Trinajstić information content (AvgIpc) is 1.51. The monoisotopic (exact) mass is 1860 g/mol. The quantitative estimate of drug-likeness (QED) is 0.149. The summed E-state index contributed by atoms with van der Waals surface area (Å²) in [4.78, 5) is 0. The predicted octanol–water partition coefficient (Wildman–Crippen LogP) is 37.6. The molecule has 0 unspecified atom stereocenters. The van der Waals surface area contributed by atoms with Gasteiger partial charge < -0.3 is 31.7 Å². The molecule has 0 radical (unpaired) electrons. The normalized spacial score (nSPS) is 12.7. The van der Waals surface area contributed by atoms with Crippen molar-refractivity contribution in [2.45, 2.75) is 19.3 Å². The van der Waals surface area contributed by atoms with Crippen LogP contribution in [0, 0.1) is 0 Å². The molecule has 0 amide bonds. The number of furan rings is 1. The van der Waals surface area contributed by atoms with E-state index in [2.05, 4.69) is 520 Å². The molecule has 9 heterocycles. The fraction of sp³-hybridized carbons (Fsp3) is 0.0219. The molecule has 1 aliphatic rings. The molecular weight excluding hydrogens is 1780 g/mol. The van der Waals surface area contributed by atoms with Crippen LogP contribution in [0.1, 0.15) is 25.0 Å². The van der Waals surface area contributed by atoms with Crippen molar-refractivity contribution in [3.05, 3.63) is 496 Å². The second-order valence-electron chi connectivity index (χ2n) is 39.5. The second-order valence-corrected chi connectivity index (χ2v) is 40.6. The van der Waals surface area contributed by atoms with Gasteiger partial charge in [-0.25, -0.2) is 0 Å². The lowest BCUT2D eigenvalue weighted by atomic mass is 9.82. The SMILES string of the molecule is CC1(C)c2ccccc2-c2c(-c3cccc(-n4c5ccccc5c5cc6c7ccc8ccccc8c7n(-c7ccccc7)c6cc54)c3)cccc21.c1cc(-c2cccc3oc4ccccc4c23)cc(-n2c3cccc4c5ccccc5n5c6ccc7ccccc7c6c6ccc2c(c43)c65)c1.c1ccc(-n2c3ccccc3c3cc4c5ccccc5n(-c5cccc(-c6cccc7sc8ccccc8c67)c5)c4cc32)cc1. The van der Waals surface area contributed by atoms with Crippen LogP contribution in [0.2, 0.25) is 0 Å². The van der Waals surface area contributed by atoms with Gasteiger partial charge in [0.2, 0.25) is 0 Å². The summed E-state index contributed by atoms with van der Waals surface area (Å²) < 4.78 is 23.7. The Hall–Kier alpha value is -18.6. The number of hydrogen-bond donors (Lipinski definition) is 0. The fourth-order valence-corrected chi connectivity index (χ4v) is 26.6. The lowest BCUT2D eigenvalue weighted by molar-refractivity contribution is 0.660. The Labute approximate surface area is 836 Å². The number of aromatic nitrogens is 6. The molecular formula is C137H86N6OS. The number of fused-ring (bicyclic) bond motifs is 31. The van der Waals surface area contributed by atoms with Crippen molar-refractivity contribution in [1.82, 2.24) is 27.2 Å². The van der Waals surface area contributed by atoms with E-state index >= 15 is 0 Å². The molecule has 33 rings (SSSR count). The third-order valence-electron chi connectivity index (χ3n) is 31.6. The molecule has 145 heavy (non-hydrogen) atoms. The number of thiophene rings is 1. The highest BCUT2D eigenvalue weighted by molar-refractivity contribution is 7.26. The first-order chi connectivity index (χ1) is 71.7. The summed E-state index contributed by atoms with van der Waals surface area (Å²) in [5.74, 6) is 0. The maximum absolute atomic E-state index is 6.28. The summed E-state index contributed by atoms with van der Waals surface area (Å²) in [5.41, 5.74) is 36.3. The Morgan fingerprint density at radius 1 is 0.193 bits per heavy atom. The van der Waals surface area contributed by atoms with E-state index in [0.717, 1.165) is 39.0 Å². The minimum Gasteiger partial charge on any atom is -0.456 e. The van der Waals surface area contributed by atoms with Crippen LogP contribution >= 0.6 is 11.3 Å². The highest BCUT2D eigenvalue weighted by atomic mass is 32.1. The fourth-order valence-electron chi connectivity index (χ4n) is 25.5. The zero-order chi connectivity index (χ0) is 95.1. The molecule has 0 fully saturated rings. The summed E-state index contributed by atoms with van der Waals surface area (Å²) in [7, 11) is 0. The van der Waals surface area contributed by atoms with E-state index < -0.39 is 0 Å². The van der Waals surface area contributed by atoms with Gasteiger partial charge in [0.05, 0.1) is 71.7 Å². The second kappa shape index (κ2) is 31.2.